The van der Waals surface area contributed by atoms with Crippen molar-refractivity contribution in [2.75, 3.05) is 19.4 Å². The van der Waals surface area contributed by atoms with Gasteiger partial charge in [-0.25, -0.2) is 13.1 Å². The van der Waals surface area contributed by atoms with Crippen LogP contribution in [0, 0.1) is 0 Å². The van der Waals surface area contributed by atoms with E-state index >= 15 is 0 Å². The van der Waals surface area contributed by atoms with E-state index in [2.05, 4.69) is 4.72 Å². The average Bonchev–Trinajstić information content (AvgIpc) is 2.00. The number of ether oxygens (including phenoxy) is 1. The van der Waals surface area contributed by atoms with Gasteiger partial charge in [0.15, 0.2) is 5.75 Å². The van der Waals surface area contributed by atoms with Gasteiger partial charge < -0.3 is 9.84 Å². The molecule has 1 fully saturated rings. The molecule has 0 aromatic carbocycles. The van der Waals surface area contributed by atoms with Gasteiger partial charge in [-0.2, -0.15) is 0 Å². The molecule has 6 nitrogen and oxygen atoms in total. The van der Waals surface area contributed by atoms with E-state index in [4.69, 9.17) is 9.84 Å². The first-order valence-electron chi connectivity index (χ1n) is 4.63. The molecule has 15 heavy (non-hydrogen) atoms. The van der Waals surface area contributed by atoms with E-state index in [1.807, 2.05) is 0 Å². The molecule has 0 aromatic rings. The van der Waals surface area contributed by atoms with E-state index in [9.17, 15) is 13.2 Å². The third kappa shape index (κ3) is 3.44. The van der Waals surface area contributed by atoms with Gasteiger partial charge >= 0.3 is 5.97 Å². The van der Waals surface area contributed by atoms with E-state index in [1.165, 1.54) is 7.11 Å². The Morgan fingerprint density at radius 1 is 1.53 bits per heavy atom. The maximum absolute atomic E-state index is 11.2. The second-order valence-electron chi connectivity index (χ2n) is 3.71. The van der Waals surface area contributed by atoms with Crippen molar-refractivity contribution in [1.82, 2.24) is 4.72 Å². The summed E-state index contributed by atoms with van der Waals surface area (Å²) in [4.78, 5) is 10.2. The topological polar surface area (TPSA) is 92.7 Å². The molecule has 0 bridgehead atoms. The van der Waals surface area contributed by atoms with Crippen LogP contribution in [0.15, 0.2) is 0 Å². The Morgan fingerprint density at radius 2 is 2.13 bits per heavy atom. The zero-order chi connectivity index (χ0) is 11.5. The van der Waals surface area contributed by atoms with Crippen LogP contribution in [-0.2, 0) is 19.6 Å². The van der Waals surface area contributed by atoms with Crippen molar-refractivity contribution in [3.05, 3.63) is 0 Å². The van der Waals surface area contributed by atoms with Gasteiger partial charge in [-0.1, -0.05) is 0 Å². The Bertz CT molecular complexity index is 327. The summed E-state index contributed by atoms with van der Waals surface area (Å²) in [7, 11) is -2.20. The minimum Gasteiger partial charge on any atom is -0.480 e. The number of carboxylic acids is 1. The Morgan fingerprint density at radius 3 is 2.47 bits per heavy atom. The smallest absolute Gasteiger partial charge is 0.320 e. The number of hydrogen-bond acceptors (Lipinski definition) is 4. The quantitative estimate of drug-likeness (QED) is 0.653. The maximum Gasteiger partial charge on any atom is 0.320 e. The maximum atomic E-state index is 11.2. The van der Waals surface area contributed by atoms with Crippen LogP contribution in [0.5, 0.6) is 0 Å². The molecule has 88 valence electrons. The number of nitrogens with one attached hydrogen (secondary N) is 1. The standard InChI is InChI=1S/C8H15NO5S/c1-14-8(3-2-4-8)6-9-15(12,13)5-7(10)11/h9H,2-6H2,1H3,(H,10,11). The highest BCUT2D eigenvalue weighted by Gasteiger charge is 2.37. The molecule has 2 N–H and O–H groups in total. The zero-order valence-electron chi connectivity index (χ0n) is 8.52. The fourth-order valence-electron chi connectivity index (χ4n) is 1.48. The molecule has 1 saturated carbocycles. The molecule has 0 atom stereocenters. The van der Waals surface area contributed by atoms with E-state index in [0.29, 0.717) is 0 Å². The van der Waals surface area contributed by atoms with E-state index in [-0.39, 0.29) is 6.54 Å². The second kappa shape index (κ2) is 4.46. The van der Waals surface area contributed by atoms with Crippen molar-refractivity contribution in [2.45, 2.75) is 24.9 Å². The van der Waals surface area contributed by atoms with Crippen LogP contribution in [-0.4, -0.2) is 44.5 Å². The minimum atomic E-state index is -3.73. The molecular weight excluding hydrogens is 222 g/mol. The summed E-state index contributed by atoms with van der Waals surface area (Å²) in [5.41, 5.74) is -0.425. The van der Waals surface area contributed by atoms with Crippen LogP contribution < -0.4 is 4.72 Å². The number of rotatable bonds is 6. The van der Waals surface area contributed by atoms with Crippen LogP contribution in [0.25, 0.3) is 0 Å². The molecular formula is C8H15NO5S. The largest absolute Gasteiger partial charge is 0.480 e. The number of carboxylic acid groups (broad SMARTS) is 1. The second-order valence-corrected chi connectivity index (χ2v) is 5.52. The summed E-state index contributed by atoms with van der Waals surface area (Å²) < 4.78 is 29.8. The molecule has 0 spiro atoms. The SMILES string of the molecule is COC1(CNS(=O)(=O)CC(=O)O)CCC1. The lowest BCUT2D eigenvalue weighted by Crippen LogP contribution is -2.50. The Balaban J connectivity index is 2.45. The third-order valence-electron chi connectivity index (χ3n) is 2.63. The lowest BCUT2D eigenvalue weighted by atomic mass is 9.80. The third-order valence-corrected chi connectivity index (χ3v) is 3.84. The molecule has 0 unspecified atom stereocenters. The number of aliphatic carboxylic acids is 1. The monoisotopic (exact) mass is 237 g/mol. The summed E-state index contributed by atoms with van der Waals surface area (Å²) in [5.74, 6) is -2.25. The normalized spacial score (nSPS) is 19.5. The van der Waals surface area contributed by atoms with Gasteiger partial charge in [0.05, 0.1) is 5.60 Å². The number of methoxy groups -OCH3 is 1. The van der Waals surface area contributed by atoms with Gasteiger partial charge in [0.2, 0.25) is 10.0 Å². The van der Waals surface area contributed by atoms with Gasteiger partial charge in [0, 0.05) is 13.7 Å². The highest BCUT2D eigenvalue weighted by Crippen LogP contribution is 2.34. The lowest BCUT2D eigenvalue weighted by Gasteiger charge is -2.40. The summed E-state index contributed by atoms with van der Waals surface area (Å²) in [5, 5.41) is 8.36. The molecule has 1 rings (SSSR count). The predicted octanol–water partition coefficient (Wildman–Crippen LogP) is -0.440. The highest BCUT2D eigenvalue weighted by molar-refractivity contribution is 7.90. The van der Waals surface area contributed by atoms with Gasteiger partial charge in [0.1, 0.15) is 0 Å². The lowest BCUT2D eigenvalue weighted by molar-refractivity contribution is -0.134. The van der Waals surface area contributed by atoms with Gasteiger partial charge in [-0.3, -0.25) is 4.79 Å². The molecule has 0 radical (unpaired) electrons. The zero-order valence-corrected chi connectivity index (χ0v) is 9.34. The Kier molecular flexibility index (Phi) is 3.69. The van der Waals surface area contributed by atoms with Crippen molar-refractivity contribution >= 4 is 16.0 Å². The number of hydrogen-bond donors (Lipinski definition) is 2. The summed E-state index contributed by atoms with van der Waals surface area (Å²) in [6.07, 6.45) is 2.62. The van der Waals surface area contributed by atoms with Crippen molar-refractivity contribution < 1.29 is 23.1 Å². The molecule has 7 heteroatoms. The van der Waals surface area contributed by atoms with E-state index in [0.717, 1.165) is 19.3 Å². The first-order valence-corrected chi connectivity index (χ1v) is 6.29. The molecule has 0 aromatic heterocycles. The molecule has 0 saturated heterocycles. The van der Waals surface area contributed by atoms with Crippen molar-refractivity contribution in [1.29, 1.82) is 0 Å². The minimum absolute atomic E-state index is 0.152. The van der Waals surface area contributed by atoms with Crippen LogP contribution in [0.1, 0.15) is 19.3 Å². The van der Waals surface area contributed by atoms with Crippen LogP contribution in [0.2, 0.25) is 0 Å². The van der Waals surface area contributed by atoms with Crippen LogP contribution >= 0.6 is 0 Å². The fourth-order valence-corrected chi connectivity index (χ4v) is 2.39. The van der Waals surface area contributed by atoms with Crippen LogP contribution in [0.3, 0.4) is 0 Å². The van der Waals surface area contributed by atoms with Crippen molar-refractivity contribution in [3.63, 3.8) is 0 Å². The summed E-state index contributed by atoms with van der Waals surface area (Å²) in [6.45, 7) is 0.152. The van der Waals surface area contributed by atoms with Crippen molar-refractivity contribution in [3.8, 4) is 0 Å². The van der Waals surface area contributed by atoms with E-state index < -0.39 is 27.3 Å². The number of sulfonamides is 1. The molecule has 0 amide bonds. The Labute approximate surface area is 88.7 Å². The van der Waals surface area contributed by atoms with Gasteiger partial charge in [0.25, 0.3) is 0 Å². The fraction of sp³-hybridized carbons (Fsp3) is 0.875. The molecule has 1 aliphatic carbocycles. The summed E-state index contributed by atoms with van der Waals surface area (Å²) in [6, 6.07) is 0. The molecule has 0 aliphatic heterocycles. The Hall–Kier alpha value is -0.660. The average molecular weight is 237 g/mol. The van der Waals surface area contributed by atoms with Crippen LogP contribution in [0.4, 0.5) is 0 Å². The predicted molar refractivity (Wildman–Crippen MR) is 53.0 cm³/mol. The van der Waals surface area contributed by atoms with Gasteiger partial charge in [-0.05, 0) is 19.3 Å². The number of carbonyl (C=O) groups is 1. The highest BCUT2D eigenvalue weighted by atomic mass is 32.2. The first kappa shape index (κ1) is 12.4. The summed E-state index contributed by atoms with van der Waals surface area (Å²) >= 11 is 0. The van der Waals surface area contributed by atoms with E-state index in [1.54, 1.807) is 0 Å². The van der Waals surface area contributed by atoms with Crippen molar-refractivity contribution in [2.24, 2.45) is 0 Å². The van der Waals surface area contributed by atoms with Gasteiger partial charge in [-0.15, -0.1) is 0 Å². The molecule has 1 aliphatic rings. The first-order chi connectivity index (χ1) is 6.89. The molecule has 0 heterocycles.